The van der Waals surface area contributed by atoms with Gasteiger partial charge in [0.15, 0.2) is 0 Å². The number of rotatable bonds is 7. The van der Waals surface area contributed by atoms with Crippen LogP contribution < -0.4 is 15.4 Å². The Morgan fingerprint density at radius 2 is 1.81 bits per heavy atom. The van der Waals surface area contributed by atoms with Crippen molar-refractivity contribution < 1.29 is 14.6 Å². The summed E-state index contributed by atoms with van der Waals surface area (Å²) in [5, 5.41) is 15.7. The molecule has 0 spiro atoms. The van der Waals surface area contributed by atoms with Crippen molar-refractivity contribution in [1.29, 1.82) is 0 Å². The molecule has 0 bridgehead atoms. The largest absolute Gasteiger partial charge is 0.497 e. The Hall–Kier alpha value is -2.60. The number of ether oxygens (including phenoxy) is 1. The summed E-state index contributed by atoms with van der Waals surface area (Å²) >= 11 is 0. The molecule has 6 heteroatoms. The maximum absolute atomic E-state index is 11.3. The SMILES string of the molecule is COc1cc(CNC2CCC(C(NC(=O)O)C(C)(C)C)CC2)cc(-c2ccncc2)c1. The molecule has 3 rings (SSSR count). The molecule has 1 heterocycles. The molecular weight excluding hydrogens is 390 g/mol. The third-order valence-electron chi connectivity index (χ3n) is 6.27. The molecule has 0 saturated heterocycles. The topological polar surface area (TPSA) is 83.5 Å². The van der Waals surface area contributed by atoms with E-state index in [1.807, 2.05) is 18.2 Å². The fraction of sp³-hybridized carbons (Fsp3) is 0.520. The Morgan fingerprint density at radius 3 is 2.39 bits per heavy atom. The van der Waals surface area contributed by atoms with Gasteiger partial charge in [-0.05, 0) is 84.0 Å². The van der Waals surface area contributed by atoms with E-state index in [0.717, 1.165) is 49.1 Å². The Balaban J connectivity index is 1.60. The predicted octanol–water partition coefficient (Wildman–Crippen LogP) is 5.09. The van der Waals surface area contributed by atoms with Gasteiger partial charge in [0.25, 0.3) is 0 Å². The Kier molecular flexibility index (Phi) is 7.55. The van der Waals surface area contributed by atoms with Gasteiger partial charge in [-0.1, -0.05) is 20.8 Å². The van der Waals surface area contributed by atoms with Crippen molar-refractivity contribution in [2.45, 2.75) is 65.1 Å². The highest BCUT2D eigenvalue weighted by molar-refractivity contribution is 5.66. The summed E-state index contributed by atoms with van der Waals surface area (Å²) in [5.41, 5.74) is 3.34. The lowest BCUT2D eigenvalue weighted by atomic mass is 9.72. The molecule has 0 radical (unpaired) electrons. The monoisotopic (exact) mass is 425 g/mol. The molecule has 1 aliphatic carbocycles. The molecule has 3 N–H and O–H groups in total. The Labute approximate surface area is 185 Å². The number of aromatic nitrogens is 1. The van der Waals surface area contributed by atoms with Crippen LogP contribution in [0.25, 0.3) is 11.1 Å². The van der Waals surface area contributed by atoms with E-state index in [0.29, 0.717) is 12.0 Å². The number of carboxylic acid groups (broad SMARTS) is 1. The smallest absolute Gasteiger partial charge is 0.404 e. The van der Waals surface area contributed by atoms with Gasteiger partial charge in [-0.3, -0.25) is 4.98 Å². The molecule has 0 aliphatic heterocycles. The number of nitrogens with one attached hydrogen (secondary N) is 2. The zero-order valence-corrected chi connectivity index (χ0v) is 19.0. The minimum Gasteiger partial charge on any atom is -0.497 e. The molecule has 1 saturated carbocycles. The lowest BCUT2D eigenvalue weighted by molar-refractivity contribution is 0.129. The second-order valence-electron chi connectivity index (χ2n) is 9.59. The first-order valence-electron chi connectivity index (χ1n) is 11.1. The van der Waals surface area contributed by atoms with Gasteiger partial charge in [-0.2, -0.15) is 0 Å². The molecule has 1 aromatic heterocycles. The minimum absolute atomic E-state index is 0.0211. The fourth-order valence-corrected chi connectivity index (χ4v) is 4.69. The number of amides is 1. The Morgan fingerprint density at radius 1 is 1.13 bits per heavy atom. The average Bonchev–Trinajstić information content (AvgIpc) is 2.76. The molecular formula is C25H35N3O3. The second-order valence-corrected chi connectivity index (χ2v) is 9.59. The first-order chi connectivity index (χ1) is 14.8. The normalized spacial score (nSPS) is 20.1. The van der Waals surface area contributed by atoms with Gasteiger partial charge >= 0.3 is 6.09 Å². The summed E-state index contributed by atoms with van der Waals surface area (Å²) in [6, 6.07) is 10.8. The number of pyridine rings is 1. The zero-order valence-electron chi connectivity index (χ0n) is 19.0. The van der Waals surface area contributed by atoms with Crippen LogP contribution in [-0.2, 0) is 6.54 Å². The lowest BCUT2D eigenvalue weighted by Crippen LogP contribution is -2.50. The molecule has 2 aromatic rings. The van der Waals surface area contributed by atoms with Crippen molar-refractivity contribution in [2.24, 2.45) is 11.3 Å². The van der Waals surface area contributed by atoms with E-state index in [1.54, 1.807) is 19.5 Å². The van der Waals surface area contributed by atoms with Crippen LogP contribution in [-0.4, -0.2) is 35.4 Å². The molecule has 1 atom stereocenters. The van der Waals surface area contributed by atoms with E-state index < -0.39 is 6.09 Å². The number of hydrogen-bond donors (Lipinski definition) is 3. The highest BCUT2D eigenvalue weighted by Crippen LogP contribution is 2.35. The van der Waals surface area contributed by atoms with Gasteiger partial charge in [0.2, 0.25) is 0 Å². The van der Waals surface area contributed by atoms with E-state index in [9.17, 15) is 9.90 Å². The highest BCUT2D eigenvalue weighted by Gasteiger charge is 2.35. The van der Waals surface area contributed by atoms with Gasteiger partial charge in [0, 0.05) is 31.0 Å². The Bertz CT molecular complexity index is 856. The maximum atomic E-state index is 11.3. The van der Waals surface area contributed by atoms with Crippen molar-refractivity contribution in [2.75, 3.05) is 7.11 Å². The van der Waals surface area contributed by atoms with Gasteiger partial charge < -0.3 is 20.5 Å². The van der Waals surface area contributed by atoms with Gasteiger partial charge in [0.05, 0.1) is 7.11 Å². The fourth-order valence-electron chi connectivity index (χ4n) is 4.69. The van der Waals surface area contributed by atoms with E-state index in [1.165, 1.54) is 5.56 Å². The lowest BCUT2D eigenvalue weighted by Gasteiger charge is -2.40. The zero-order chi connectivity index (χ0) is 22.4. The summed E-state index contributed by atoms with van der Waals surface area (Å²) in [6.45, 7) is 7.12. The summed E-state index contributed by atoms with van der Waals surface area (Å²) in [6.07, 6.45) is 6.84. The van der Waals surface area contributed by atoms with Crippen LogP contribution in [0.3, 0.4) is 0 Å². The van der Waals surface area contributed by atoms with E-state index in [4.69, 9.17) is 4.74 Å². The first-order valence-corrected chi connectivity index (χ1v) is 11.1. The molecule has 1 aliphatic rings. The van der Waals surface area contributed by atoms with E-state index >= 15 is 0 Å². The van der Waals surface area contributed by atoms with Gasteiger partial charge in [-0.15, -0.1) is 0 Å². The third-order valence-corrected chi connectivity index (χ3v) is 6.27. The maximum Gasteiger partial charge on any atom is 0.404 e. The van der Waals surface area contributed by atoms with Crippen molar-refractivity contribution in [3.05, 3.63) is 48.3 Å². The number of nitrogens with zero attached hydrogens (tertiary/aromatic N) is 1. The van der Waals surface area contributed by atoms with Crippen molar-refractivity contribution in [3.8, 4) is 16.9 Å². The molecule has 168 valence electrons. The van der Waals surface area contributed by atoms with Crippen LogP contribution in [0, 0.1) is 11.3 Å². The quantitative estimate of drug-likeness (QED) is 0.576. The second kappa shape index (κ2) is 10.1. The van der Waals surface area contributed by atoms with Crippen molar-refractivity contribution in [3.63, 3.8) is 0 Å². The first kappa shape index (κ1) is 23.1. The van der Waals surface area contributed by atoms with Crippen LogP contribution in [0.2, 0.25) is 0 Å². The summed E-state index contributed by atoms with van der Waals surface area (Å²) in [7, 11) is 1.70. The molecule has 1 aromatic carbocycles. The molecule has 1 unspecified atom stereocenters. The standard InChI is InChI=1S/C25H35N3O3/c1-25(2,3)23(28-24(29)30)19-5-7-21(8-6-19)27-16-17-13-20(15-22(14-17)31-4)18-9-11-26-12-10-18/h9-15,19,21,23,27-28H,5-8,16H2,1-4H3,(H,29,30). The highest BCUT2D eigenvalue weighted by atomic mass is 16.5. The molecule has 1 amide bonds. The molecule has 31 heavy (non-hydrogen) atoms. The van der Waals surface area contributed by atoms with Crippen LogP contribution in [0.4, 0.5) is 4.79 Å². The number of methoxy groups -OCH3 is 1. The van der Waals surface area contributed by atoms with E-state index in [-0.39, 0.29) is 11.5 Å². The van der Waals surface area contributed by atoms with Crippen molar-refractivity contribution in [1.82, 2.24) is 15.6 Å². The summed E-state index contributed by atoms with van der Waals surface area (Å²) < 4.78 is 5.51. The van der Waals surface area contributed by atoms with Gasteiger partial charge in [0.1, 0.15) is 5.75 Å². The number of carbonyl (C=O) groups is 1. The summed E-state index contributed by atoms with van der Waals surface area (Å²) in [5.74, 6) is 1.23. The van der Waals surface area contributed by atoms with Crippen molar-refractivity contribution >= 4 is 6.09 Å². The molecule has 6 nitrogen and oxygen atoms in total. The number of benzene rings is 1. The molecule has 1 fully saturated rings. The van der Waals surface area contributed by atoms with Crippen LogP contribution >= 0.6 is 0 Å². The van der Waals surface area contributed by atoms with Crippen LogP contribution in [0.5, 0.6) is 5.75 Å². The van der Waals surface area contributed by atoms with E-state index in [2.05, 4.69) is 48.5 Å². The minimum atomic E-state index is -0.928. The van der Waals surface area contributed by atoms with Gasteiger partial charge in [-0.25, -0.2) is 4.79 Å². The van der Waals surface area contributed by atoms with Crippen LogP contribution in [0.15, 0.2) is 42.7 Å². The predicted molar refractivity (Wildman–Crippen MR) is 123 cm³/mol. The van der Waals surface area contributed by atoms with Crippen LogP contribution in [0.1, 0.15) is 52.0 Å². The average molecular weight is 426 g/mol. The summed E-state index contributed by atoms with van der Waals surface area (Å²) in [4.78, 5) is 15.4. The third kappa shape index (κ3) is 6.44. The number of hydrogen-bond acceptors (Lipinski definition) is 4.